The Morgan fingerprint density at radius 3 is 1.81 bits per heavy atom. The van der Waals surface area contributed by atoms with Crippen molar-refractivity contribution in [3.63, 3.8) is 0 Å². The van der Waals surface area contributed by atoms with Crippen LogP contribution in [0.15, 0.2) is 91.0 Å². The lowest BCUT2D eigenvalue weighted by atomic mass is 9.91. The van der Waals surface area contributed by atoms with Crippen LogP contribution in [0.2, 0.25) is 0 Å². The van der Waals surface area contributed by atoms with Crippen LogP contribution in [0.3, 0.4) is 0 Å². The summed E-state index contributed by atoms with van der Waals surface area (Å²) in [6, 6.07) is 32.0. The van der Waals surface area contributed by atoms with Gasteiger partial charge in [0.15, 0.2) is 0 Å². The Labute approximate surface area is 183 Å². The Morgan fingerprint density at radius 1 is 0.613 bits per heavy atom. The molecule has 0 bridgehead atoms. The molecule has 0 saturated heterocycles. The maximum absolute atomic E-state index is 6.63. The lowest BCUT2D eigenvalue weighted by Crippen LogP contribution is -2.11. The second kappa shape index (κ2) is 7.48. The van der Waals surface area contributed by atoms with E-state index in [0.29, 0.717) is 0 Å². The molecule has 0 spiro atoms. The first-order chi connectivity index (χ1) is 15.1. The van der Waals surface area contributed by atoms with E-state index in [1.165, 1.54) is 32.7 Å². The summed E-state index contributed by atoms with van der Waals surface area (Å²) < 4.78 is 0. The molecule has 0 unspecified atom stereocenters. The van der Waals surface area contributed by atoms with Gasteiger partial charge < -0.3 is 10.6 Å². The van der Waals surface area contributed by atoms with E-state index in [1.54, 1.807) is 0 Å². The van der Waals surface area contributed by atoms with Crippen molar-refractivity contribution in [2.24, 2.45) is 0 Å². The maximum atomic E-state index is 6.63. The third-order valence-electron chi connectivity index (χ3n) is 6.36. The Hall–Kier alpha value is -3.78. The topological polar surface area (TPSA) is 29.3 Å². The van der Waals surface area contributed by atoms with Gasteiger partial charge >= 0.3 is 0 Å². The average molecular weight is 403 g/mol. The van der Waals surface area contributed by atoms with Gasteiger partial charge in [0, 0.05) is 22.4 Å². The molecule has 0 saturated carbocycles. The smallest absolute Gasteiger partial charge is 0.0560 e. The maximum Gasteiger partial charge on any atom is 0.0560 e. The van der Waals surface area contributed by atoms with Gasteiger partial charge in [-0.05, 0) is 84.0 Å². The third-order valence-corrected chi connectivity index (χ3v) is 6.36. The first-order valence-corrected chi connectivity index (χ1v) is 10.7. The van der Waals surface area contributed by atoms with Gasteiger partial charge in [-0.15, -0.1) is 0 Å². The second-order valence-corrected chi connectivity index (χ2v) is 8.21. The largest absolute Gasteiger partial charge is 0.398 e. The predicted molar refractivity (Wildman–Crippen MR) is 135 cm³/mol. The van der Waals surface area contributed by atoms with Crippen LogP contribution in [0.25, 0.3) is 21.5 Å². The molecule has 2 N–H and O–H groups in total. The van der Waals surface area contributed by atoms with Crippen LogP contribution in [-0.4, -0.2) is 0 Å². The Morgan fingerprint density at radius 2 is 1.19 bits per heavy atom. The Kier molecular flexibility index (Phi) is 4.63. The van der Waals surface area contributed by atoms with E-state index in [1.807, 2.05) is 12.1 Å². The molecule has 0 aromatic heterocycles. The summed E-state index contributed by atoms with van der Waals surface area (Å²) in [5, 5.41) is 5.00. The number of hydrogen-bond acceptors (Lipinski definition) is 2. The fraction of sp³-hybridized carbons (Fsp3) is 0.103. The molecule has 0 aliphatic rings. The van der Waals surface area contributed by atoms with Crippen LogP contribution in [-0.2, 0) is 0 Å². The quantitative estimate of drug-likeness (QED) is 0.245. The number of nitrogens with zero attached hydrogens (tertiary/aromatic N) is 1. The van der Waals surface area contributed by atoms with E-state index in [4.69, 9.17) is 5.73 Å². The van der Waals surface area contributed by atoms with Gasteiger partial charge in [-0.2, -0.15) is 0 Å². The number of rotatable bonds is 3. The van der Waals surface area contributed by atoms with Crippen molar-refractivity contribution in [1.82, 2.24) is 0 Å². The molecular formula is C29H26N2. The molecule has 0 amide bonds. The lowest BCUT2D eigenvalue weighted by molar-refractivity contribution is 1.29. The summed E-state index contributed by atoms with van der Waals surface area (Å²) in [7, 11) is 0. The molecule has 2 heteroatoms. The summed E-state index contributed by atoms with van der Waals surface area (Å²) >= 11 is 0. The zero-order chi connectivity index (χ0) is 21.5. The zero-order valence-electron chi connectivity index (χ0n) is 18.2. The summed E-state index contributed by atoms with van der Waals surface area (Å²) in [5.74, 6) is 0. The van der Waals surface area contributed by atoms with Crippen LogP contribution in [0.5, 0.6) is 0 Å². The fourth-order valence-corrected chi connectivity index (χ4v) is 4.55. The molecule has 152 valence electrons. The molecule has 0 atom stereocenters. The number of aryl methyl sites for hydroxylation is 3. The van der Waals surface area contributed by atoms with Gasteiger partial charge in [-0.25, -0.2) is 0 Å². The highest BCUT2D eigenvalue weighted by Crippen LogP contribution is 2.44. The lowest BCUT2D eigenvalue weighted by Gasteiger charge is -2.28. The summed E-state index contributed by atoms with van der Waals surface area (Å²) in [6.07, 6.45) is 0. The van der Waals surface area contributed by atoms with Gasteiger partial charge in [0.25, 0.3) is 0 Å². The van der Waals surface area contributed by atoms with Gasteiger partial charge in [-0.1, -0.05) is 60.7 Å². The highest BCUT2D eigenvalue weighted by molar-refractivity contribution is 6.17. The predicted octanol–water partition coefficient (Wildman–Crippen LogP) is 7.97. The molecule has 0 aliphatic heterocycles. The summed E-state index contributed by atoms with van der Waals surface area (Å²) in [5.41, 5.74) is 14.5. The van der Waals surface area contributed by atoms with E-state index in [-0.39, 0.29) is 0 Å². The van der Waals surface area contributed by atoms with Crippen molar-refractivity contribution < 1.29 is 0 Å². The number of anilines is 4. The molecule has 0 radical (unpaired) electrons. The van der Waals surface area contributed by atoms with Crippen LogP contribution < -0.4 is 10.6 Å². The molecule has 2 nitrogen and oxygen atoms in total. The van der Waals surface area contributed by atoms with E-state index in [0.717, 1.165) is 28.3 Å². The third kappa shape index (κ3) is 3.12. The van der Waals surface area contributed by atoms with Gasteiger partial charge in [0.05, 0.1) is 5.69 Å². The Balaban J connectivity index is 1.93. The zero-order valence-corrected chi connectivity index (χ0v) is 18.2. The molecule has 5 rings (SSSR count). The first kappa shape index (κ1) is 19.2. The molecular weight excluding hydrogens is 376 g/mol. The molecule has 5 aromatic rings. The minimum Gasteiger partial charge on any atom is -0.398 e. The van der Waals surface area contributed by atoms with Crippen molar-refractivity contribution in [2.45, 2.75) is 20.8 Å². The van der Waals surface area contributed by atoms with Crippen molar-refractivity contribution in [3.8, 4) is 0 Å². The SMILES string of the molecule is Cc1ccc2ccc3c(N(c4ccccc4)c4ccccc4)cc(N)c(C)c3c2c1C. The Bertz CT molecular complexity index is 1360. The highest BCUT2D eigenvalue weighted by atomic mass is 15.1. The van der Waals surface area contributed by atoms with Crippen LogP contribution >= 0.6 is 0 Å². The minimum atomic E-state index is 0.813. The van der Waals surface area contributed by atoms with Crippen LogP contribution in [0.4, 0.5) is 22.7 Å². The summed E-state index contributed by atoms with van der Waals surface area (Å²) in [6.45, 7) is 6.53. The first-order valence-electron chi connectivity index (χ1n) is 10.7. The highest BCUT2D eigenvalue weighted by Gasteiger charge is 2.19. The van der Waals surface area contributed by atoms with E-state index < -0.39 is 0 Å². The average Bonchev–Trinajstić information content (AvgIpc) is 2.80. The molecule has 0 aliphatic carbocycles. The van der Waals surface area contributed by atoms with Crippen molar-refractivity contribution in [2.75, 3.05) is 10.6 Å². The van der Waals surface area contributed by atoms with E-state index >= 15 is 0 Å². The number of nitrogens with two attached hydrogens (primary N) is 1. The van der Waals surface area contributed by atoms with Crippen molar-refractivity contribution in [3.05, 3.63) is 108 Å². The minimum absolute atomic E-state index is 0.813. The fourth-order valence-electron chi connectivity index (χ4n) is 4.55. The van der Waals surface area contributed by atoms with E-state index in [2.05, 4.69) is 105 Å². The normalized spacial score (nSPS) is 11.2. The number of fused-ring (bicyclic) bond motifs is 3. The number of hydrogen-bond donors (Lipinski definition) is 1. The molecule has 0 fully saturated rings. The monoisotopic (exact) mass is 402 g/mol. The second-order valence-electron chi connectivity index (χ2n) is 8.21. The van der Waals surface area contributed by atoms with Crippen LogP contribution in [0, 0.1) is 20.8 Å². The van der Waals surface area contributed by atoms with Gasteiger partial charge in [0.2, 0.25) is 0 Å². The van der Waals surface area contributed by atoms with Crippen molar-refractivity contribution >= 4 is 44.3 Å². The standard InChI is InChI=1S/C29H26N2/c1-19-14-15-22-16-17-25-27(18-26(30)21(3)29(25)28(22)20(19)2)31(23-10-6-4-7-11-23)24-12-8-5-9-13-24/h4-18H,30H2,1-3H3. The number of nitrogen functional groups attached to an aromatic ring is 1. The van der Waals surface area contributed by atoms with Crippen molar-refractivity contribution in [1.29, 1.82) is 0 Å². The van der Waals surface area contributed by atoms with Gasteiger partial charge in [-0.3, -0.25) is 0 Å². The molecule has 5 aromatic carbocycles. The van der Waals surface area contributed by atoms with Gasteiger partial charge in [0.1, 0.15) is 0 Å². The number of benzene rings is 5. The molecule has 0 heterocycles. The summed E-state index contributed by atoms with van der Waals surface area (Å²) in [4.78, 5) is 2.30. The number of para-hydroxylation sites is 2. The molecule has 31 heavy (non-hydrogen) atoms. The van der Waals surface area contributed by atoms with Crippen LogP contribution in [0.1, 0.15) is 16.7 Å². The van der Waals surface area contributed by atoms with E-state index in [9.17, 15) is 0 Å².